The molecule has 0 aliphatic carbocycles. The monoisotopic (exact) mass is 396 g/mol. The molecule has 4 heterocycles. The van der Waals surface area contributed by atoms with E-state index in [-0.39, 0.29) is 17.6 Å². The van der Waals surface area contributed by atoms with Crippen molar-refractivity contribution in [1.29, 1.82) is 0 Å². The van der Waals surface area contributed by atoms with Gasteiger partial charge in [0.15, 0.2) is 0 Å². The van der Waals surface area contributed by atoms with E-state index in [0.717, 1.165) is 44.0 Å². The molecule has 1 aromatic carbocycles. The number of rotatable bonds is 6. The number of methoxy groups -OCH3 is 1. The molecule has 4 atom stereocenters. The molecule has 1 aromatic heterocycles. The molecule has 6 nitrogen and oxygen atoms in total. The minimum absolute atomic E-state index is 0.0440. The number of hydrogen-bond acceptors (Lipinski definition) is 5. The Labute approximate surface area is 171 Å². The second-order valence-corrected chi connectivity index (χ2v) is 8.65. The number of nitrogens with zero attached hydrogens (tertiary/aromatic N) is 1. The van der Waals surface area contributed by atoms with E-state index in [2.05, 4.69) is 16.3 Å². The molecule has 154 valence electrons. The van der Waals surface area contributed by atoms with Crippen LogP contribution < -0.4 is 10.1 Å². The Morgan fingerprint density at radius 1 is 1.34 bits per heavy atom. The average Bonchev–Trinajstić information content (AvgIpc) is 3.47. The number of fused-ring (bicyclic) bond motifs is 1. The quantitative estimate of drug-likeness (QED) is 0.813. The zero-order valence-electron chi connectivity index (χ0n) is 17.0. The third kappa shape index (κ3) is 3.34. The van der Waals surface area contributed by atoms with Gasteiger partial charge in [0.1, 0.15) is 17.3 Å². The Balaban J connectivity index is 1.24. The maximum atomic E-state index is 12.6. The van der Waals surface area contributed by atoms with Crippen LogP contribution in [0.5, 0.6) is 5.75 Å². The second kappa shape index (κ2) is 7.18. The number of likely N-dealkylation sites (tertiary alicyclic amines) is 1. The first-order chi connectivity index (χ1) is 14.1. The number of furan rings is 1. The van der Waals surface area contributed by atoms with Crippen LogP contribution in [-0.2, 0) is 11.3 Å². The molecule has 3 aliphatic rings. The molecule has 1 N–H and O–H groups in total. The Morgan fingerprint density at radius 2 is 2.24 bits per heavy atom. The third-order valence-electron chi connectivity index (χ3n) is 6.86. The molecule has 1 spiro atoms. The highest BCUT2D eigenvalue weighted by molar-refractivity contribution is 5.94. The molecule has 0 unspecified atom stereocenters. The molecule has 3 fully saturated rings. The lowest BCUT2D eigenvalue weighted by molar-refractivity contribution is 0.00166. The van der Waals surface area contributed by atoms with Gasteiger partial charge in [-0.05, 0) is 50.1 Å². The topological polar surface area (TPSA) is 63.9 Å². The van der Waals surface area contributed by atoms with Crippen molar-refractivity contribution < 1.29 is 18.7 Å². The molecule has 3 aliphatic heterocycles. The van der Waals surface area contributed by atoms with Crippen molar-refractivity contribution in [2.75, 3.05) is 26.7 Å². The fourth-order valence-electron chi connectivity index (χ4n) is 5.55. The van der Waals surface area contributed by atoms with Crippen molar-refractivity contribution in [3.8, 4) is 5.75 Å². The van der Waals surface area contributed by atoms with Gasteiger partial charge in [-0.1, -0.05) is 6.07 Å². The van der Waals surface area contributed by atoms with Crippen LogP contribution in [0.3, 0.4) is 0 Å². The summed E-state index contributed by atoms with van der Waals surface area (Å²) < 4.78 is 17.5. The Morgan fingerprint density at radius 3 is 3.03 bits per heavy atom. The second-order valence-electron chi connectivity index (χ2n) is 8.65. The van der Waals surface area contributed by atoms with Crippen molar-refractivity contribution >= 4 is 5.91 Å². The summed E-state index contributed by atoms with van der Waals surface area (Å²) in [5.41, 5.74) is 0.585. The molecule has 0 radical (unpaired) electrons. The van der Waals surface area contributed by atoms with E-state index in [9.17, 15) is 4.79 Å². The highest BCUT2D eigenvalue weighted by Crippen LogP contribution is 2.54. The number of hydrogen-bond donors (Lipinski definition) is 1. The number of aryl methyl sites for hydroxylation is 1. The first-order valence-corrected chi connectivity index (χ1v) is 10.4. The van der Waals surface area contributed by atoms with E-state index in [1.165, 1.54) is 0 Å². The van der Waals surface area contributed by atoms with Crippen molar-refractivity contribution in [3.63, 3.8) is 0 Å². The highest BCUT2D eigenvalue weighted by Gasteiger charge is 2.62. The fourth-order valence-corrected chi connectivity index (χ4v) is 5.55. The smallest absolute Gasteiger partial charge is 0.251 e. The van der Waals surface area contributed by atoms with E-state index < -0.39 is 0 Å². The van der Waals surface area contributed by atoms with Gasteiger partial charge in [-0.15, -0.1) is 0 Å². The van der Waals surface area contributed by atoms with Crippen molar-refractivity contribution in [1.82, 2.24) is 10.2 Å². The lowest BCUT2D eigenvalue weighted by Crippen LogP contribution is -2.41. The van der Waals surface area contributed by atoms with Gasteiger partial charge < -0.3 is 19.2 Å². The van der Waals surface area contributed by atoms with E-state index in [4.69, 9.17) is 13.9 Å². The molecule has 5 rings (SSSR count). The third-order valence-corrected chi connectivity index (χ3v) is 6.86. The largest absolute Gasteiger partial charge is 0.497 e. The van der Waals surface area contributed by atoms with Crippen LogP contribution in [0.4, 0.5) is 0 Å². The summed E-state index contributed by atoms with van der Waals surface area (Å²) in [4.78, 5) is 15.1. The minimum atomic E-state index is -0.0540. The van der Waals surface area contributed by atoms with Gasteiger partial charge in [-0.2, -0.15) is 0 Å². The van der Waals surface area contributed by atoms with Gasteiger partial charge in [0.25, 0.3) is 5.91 Å². The number of ether oxygens (including phenoxy) is 2. The van der Waals surface area contributed by atoms with Crippen LogP contribution in [-0.4, -0.2) is 49.3 Å². The lowest BCUT2D eigenvalue weighted by atomic mass is 9.73. The Hall–Kier alpha value is -2.31. The maximum absolute atomic E-state index is 12.6. The number of carbonyl (C=O) groups is 1. The normalized spacial score (nSPS) is 30.5. The summed E-state index contributed by atoms with van der Waals surface area (Å²) in [6.07, 6.45) is 2.47. The number of amides is 1. The summed E-state index contributed by atoms with van der Waals surface area (Å²) >= 11 is 0. The van der Waals surface area contributed by atoms with Crippen LogP contribution in [0.2, 0.25) is 0 Å². The van der Waals surface area contributed by atoms with Gasteiger partial charge in [-0.3, -0.25) is 9.69 Å². The number of carbonyl (C=O) groups excluding carboxylic acids is 1. The zero-order chi connectivity index (χ0) is 20.0. The van der Waals surface area contributed by atoms with Gasteiger partial charge >= 0.3 is 0 Å². The first-order valence-electron chi connectivity index (χ1n) is 10.4. The van der Waals surface area contributed by atoms with Gasteiger partial charge in [0, 0.05) is 37.0 Å². The predicted molar refractivity (Wildman–Crippen MR) is 108 cm³/mol. The highest BCUT2D eigenvalue weighted by atomic mass is 16.5. The molecular weight excluding hydrogens is 368 g/mol. The SMILES string of the molecule is COc1cccc(C(=O)NC[C@H]2[C@H]3CN(Cc4ccc(C)o4)C[C@]34CC[C@H]2O4)c1. The molecule has 6 heteroatoms. The molecular formula is C23H28N2O4. The van der Waals surface area contributed by atoms with Crippen molar-refractivity contribution in [3.05, 3.63) is 53.5 Å². The number of benzene rings is 1. The van der Waals surface area contributed by atoms with Crippen molar-refractivity contribution in [2.45, 2.75) is 38.0 Å². The Bertz CT molecular complexity index is 910. The number of nitrogens with one attached hydrogen (secondary N) is 1. The summed E-state index contributed by atoms with van der Waals surface area (Å²) in [5.74, 6) is 3.43. The van der Waals surface area contributed by atoms with Crippen LogP contribution in [0.25, 0.3) is 0 Å². The summed E-state index contributed by atoms with van der Waals surface area (Å²) in [7, 11) is 1.61. The van der Waals surface area contributed by atoms with E-state index in [1.54, 1.807) is 13.2 Å². The standard InChI is InChI=1S/C23H28N2O4/c1-15-6-7-18(28-15)12-25-13-20-19(21-8-9-23(20,14-25)29-21)11-24-22(26)16-4-3-5-17(10-16)27-2/h3-7,10,19-21H,8-9,11-14H2,1-2H3,(H,24,26)/t19-,20+,21+,23+/m0/s1. The fraction of sp³-hybridized carbons (Fsp3) is 0.522. The Kier molecular flexibility index (Phi) is 4.63. The van der Waals surface area contributed by atoms with E-state index >= 15 is 0 Å². The van der Waals surface area contributed by atoms with Gasteiger partial charge in [0.05, 0.1) is 25.4 Å². The minimum Gasteiger partial charge on any atom is -0.497 e. The van der Waals surface area contributed by atoms with Crippen molar-refractivity contribution in [2.24, 2.45) is 11.8 Å². The molecule has 1 amide bonds. The zero-order valence-corrected chi connectivity index (χ0v) is 17.0. The maximum Gasteiger partial charge on any atom is 0.251 e. The molecule has 0 saturated carbocycles. The van der Waals surface area contributed by atoms with Gasteiger partial charge in [-0.25, -0.2) is 0 Å². The van der Waals surface area contributed by atoms with Crippen LogP contribution >= 0.6 is 0 Å². The van der Waals surface area contributed by atoms with Gasteiger partial charge in [0.2, 0.25) is 0 Å². The summed E-state index contributed by atoms with van der Waals surface area (Å²) in [6, 6.07) is 11.4. The van der Waals surface area contributed by atoms with Crippen LogP contribution in [0, 0.1) is 18.8 Å². The summed E-state index contributed by atoms with van der Waals surface area (Å²) in [6.45, 7) is 5.40. The van der Waals surface area contributed by atoms with E-state index in [1.807, 2.05) is 31.2 Å². The average molecular weight is 396 g/mol. The van der Waals surface area contributed by atoms with E-state index in [0.29, 0.717) is 29.7 Å². The van der Waals surface area contributed by atoms with Crippen LogP contribution in [0.1, 0.15) is 34.7 Å². The first kappa shape index (κ1) is 18.7. The molecule has 29 heavy (non-hydrogen) atoms. The molecule has 2 aromatic rings. The summed E-state index contributed by atoms with van der Waals surface area (Å²) in [5, 5.41) is 3.14. The molecule has 2 bridgehead atoms. The van der Waals surface area contributed by atoms with Crippen LogP contribution in [0.15, 0.2) is 40.8 Å². The molecule has 3 saturated heterocycles. The predicted octanol–water partition coefficient (Wildman–Crippen LogP) is 3.01. The lowest BCUT2D eigenvalue weighted by Gasteiger charge is -2.29.